The van der Waals surface area contributed by atoms with Crippen molar-refractivity contribution in [2.45, 2.75) is 17.1 Å². The van der Waals surface area contributed by atoms with Crippen LogP contribution >= 0.6 is 23.5 Å². The number of nitrogens with one attached hydrogen (secondary N) is 1. The van der Waals surface area contributed by atoms with Gasteiger partial charge in [-0.05, 0) is 42.7 Å². The Hall–Kier alpha value is -1.55. The van der Waals surface area contributed by atoms with Crippen LogP contribution in [0, 0.1) is 5.82 Å². The maximum Gasteiger partial charge on any atom is 0.270 e. The van der Waals surface area contributed by atoms with Crippen molar-refractivity contribution < 1.29 is 13.9 Å². The fraction of sp³-hybridized carbons (Fsp3) is 0.500. The average Bonchev–Trinajstić information content (AvgIpc) is 3.41. The van der Waals surface area contributed by atoms with Gasteiger partial charge in [0, 0.05) is 36.6 Å². The van der Waals surface area contributed by atoms with Crippen molar-refractivity contribution in [1.82, 2.24) is 19.8 Å². The second-order valence-electron chi connectivity index (χ2n) is 7.25. The van der Waals surface area contributed by atoms with Crippen LogP contribution in [0.15, 0.2) is 35.6 Å². The summed E-state index contributed by atoms with van der Waals surface area (Å²) in [5, 5.41) is 3.85. The van der Waals surface area contributed by atoms with E-state index in [2.05, 4.69) is 15.2 Å². The fourth-order valence-electron chi connectivity index (χ4n) is 3.95. The van der Waals surface area contributed by atoms with Gasteiger partial charge in [0.1, 0.15) is 11.5 Å². The Morgan fingerprint density at radius 3 is 2.76 bits per heavy atom. The van der Waals surface area contributed by atoms with E-state index in [0.717, 1.165) is 49.9 Å². The molecule has 2 aliphatic heterocycles. The number of carbonyl (C=O) groups excluding carboxylic acids is 1. The first-order valence-corrected chi connectivity index (χ1v) is 12.1. The molecule has 1 aromatic carbocycles. The number of ether oxygens (including phenoxy) is 1. The lowest BCUT2D eigenvalue weighted by Gasteiger charge is -2.43. The molecule has 2 fully saturated rings. The Morgan fingerprint density at radius 2 is 2.10 bits per heavy atom. The van der Waals surface area contributed by atoms with Gasteiger partial charge in [0.2, 0.25) is 0 Å². The number of hydrogen-bond donors (Lipinski definition) is 1. The van der Waals surface area contributed by atoms with Crippen LogP contribution in [-0.2, 0) is 4.74 Å². The number of rotatable bonds is 6. The standard InChI is InChI=1S/C20H25FN4O2S2/c1-28-19-22-12-17(25(19)16-4-2-15(21)3-5-16)18(26)23-13-20(6-11-29-14-20)24-7-9-27-10-8-24/h2-5,12H,6-11,13-14H2,1H3,(H,23,26). The molecule has 2 aliphatic rings. The third-order valence-electron chi connectivity index (χ3n) is 5.57. The number of amides is 1. The maximum atomic E-state index is 13.4. The van der Waals surface area contributed by atoms with E-state index in [4.69, 9.17) is 4.74 Å². The molecular formula is C20H25FN4O2S2. The zero-order valence-electron chi connectivity index (χ0n) is 16.4. The minimum atomic E-state index is -0.309. The second-order valence-corrected chi connectivity index (χ2v) is 9.13. The molecule has 0 aliphatic carbocycles. The van der Waals surface area contributed by atoms with E-state index < -0.39 is 0 Å². The van der Waals surface area contributed by atoms with Crippen molar-refractivity contribution in [3.8, 4) is 5.69 Å². The van der Waals surface area contributed by atoms with Crippen molar-refractivity contribution in [1.29, 1.82) is 0 Å². The smallest absolute Gasteiger partial charge is 0.270 e. The van der Waals surface area contributed by atoms with Gasteiger partial charge in [-0.2, -0.15) is 11.8 Å². The van der Waals surface area contributed by atoms with Gasteiger partial charge in [0.25, 0.3) is 5.91 Å². The quantitative estimate of drug-likeness (QED) is 0.703. The lowest BCUT2D eigenvalue weighted by Crippen LogP contribution is -2.59. The Labute approximate surface area is 178 Å². The highest BCUT2D eigenvalue weighted by Gasteiger charge is 2.41. The van der Waals surface area contributed by atoms with Crippen LogP contribution in [0.25, 0.3) is 5.69 Å². The molecule has 0 spiro atoms. The number of carbonyl (C=O) groups is 1. The Bertz CT molecular complexity index is 847. The lowest BCUT2D eigenvalue weighted by molar-refractivity contribution is -0.0129. The van der Waals surface area contributed by atoms with Crippen LogP contribution in [0.5, 0.6) is 0 Å². The number of benzene rings is 1. The molecule has 1 amide bonds. The van der Waals surface area contributed by atoms with Gasteiger partial charge in [-0.3, -0.25) is 14.3 Å². The summed E-state index contributed by atoms with van der Waals surface area (Å²) in [5.41, 5.74) is 1.16. The monoisotopic (exact) mass is 436 g/mol. The second kappa shape index (κ2) is 9.07. The third-order valence-corrected chi connectivity index (χ3v) is 7.46. The minimum Gasteiger partial charge on any atom is -0.379 e. The Balaban J connectivity index is 1.54. The summed E-state index contributed by atoms with van der Waals surface area (Å²) in [4.78, 5) is 20.0. The van der Waals surface area contributed by atoms with Gasteiger partial charge >= 0.3 is 0 Å². The summed E-state index contributed by atoms with van der Waals surface area (Å²) in [6.07, 6.45) is 4.56. The van der Waals surface area contributed by atoms with E-state index in [0.29, 0.717) is 17.4 Å². The van der Waals surface area contributed by atoms with Crippen LogP contribution in [0.2, 0.25) is 0 Å². The first kappa shape index (κ1) is 20.7. The highest BCUT2D eigenvalue weighted by Crippen LogP contribution is 2.33. The molecule has 6 nitrogen and oxygen atoms in total. The zero-order valence-corrected chi connectivity index (χ0v) is 18.0. The first-order valence-electron chi connectivity index (χ1n) is 9.69. The van der Waals surface area contributed by atoms with Crippen molar-refractivity contribution in [2.75, 3.05) is 50.6 Å². The summed E-state index contributed by atoms with van der Waals surface area (Å²) in [6, 6.07) is 6.11. The molecule has 0 bridgehead atoms. The Kier molecular flexibility index (Phi) is 6.48. The van der Waals surface area contributed by atoms with E-state index in [1.807, 2.05) is 18.0 Å². The molecular weight excluding hydrogens is 411 g/mol. The van der Waals surface area contributed by atoms with Gasteiger partial charge in [-0.25, -0.2) is 9.37 Å². The van der Waals surface area contributed by atoms with Gasteiger partial charge < -0.3 is 10.1 Å². The summed E-state index contributed by atoms with van der Waals surface area (Å²) in [6.45, 7) is 3.90. The molecule has 1 N–H and O–H groups in total. The minimum absolute atomic E-state index is 0.0207. The van der Waals surface area contributed by atoms with E-state index in [-0.39, 0.29) is 17.3 Å². The molecule has 3 heterocycles. The summed E-state index contributed by atoms with van der Waals surface area (Å²) < 4.78 is 20.7. The van der Waals surface area contributed by atoms with Crippen molar-refractivity contribution in [3.63, 3.8) is 0 Å². The Morgan fingerprint density at radius 1 is 1.34 bits per heavy atom. The SMILES string of the molecule is CSc1ncc(C(=O)NCC2(N3CCOCC3)CCSC2)n1-c1ccc(F)cc1. The molecule has 2 saturated heterocycles. The molecule has 0 radical (unpaired) electrons. The van der Waals surface area contributed by atoms with E-state index >= 15 is 0 Å². The lowest BCUT2D eigenvalue weighted by atomic mass is 9.95. The van der Waals surface area contributed by atoms with Crippen LogP contribution in [-0.4, -0.2) is 76.5 Å². The number of thioether (sulfide) groups is 2. The van der Waals surface area contributed by atoms with Crippen LogP contribution in [0.1, 0.15) is 16.9 Å². The van der Waals surface area contributed by atoms with Crippen molar-refractivity contribution >= 4 is 29.4 Å². The third kappa shape index (κ3) is 4.33. The predicted octanol–water partition coefficient (Wildman–Crippen LogP) is 2.67. The summed E-state index contributed by atoms with van der Waals surface area (Å²) in [7, 11) is 0. The fourth-order valence-corrected chi connectivity index (χ4v) is 5.97. The number of nitrogens with zero attached hydrogens (tertiary/aromatic N) is 3. The number of hydrogen-bond acceptors (Lipinski definition) is 6. The molecule has 156 valence electrons. The number of halogens is 1. The number of morpholine rings is 1. The average molecular weight is 437 g/mol. The van der Waals surface area contributed by atoms with E-state index in [9.17, 15) is 9.18 Å². The summed E-state index contributed by atoms with van der Waals surface area (Å²) in [5.74, 6) is 1.65. The zero-order chi connectivity index (χ0) is 20.3. The molecule has 1 unspecified atom stereocenters. The largest absolute Gasteiger partial charge is 0.379 e. The molecule has 1 atom stereocenters. The molecule has 9 heteroatoms. The molecule has 4 rings (SSSR count). The van der Waals surface area contributed by atoms with Crippen LogP contribution in [0.4, 0.5) is 4.39 Å². The number of aromatic nitrogens is 2. The molecule has 0 saturated carbocycles. The topological polar surface area (TPSA) is 59.4 Å². The maximum absolute atomic E-state index is 13.4. The van der Waals surface area contributed by atoms with Gasteiger partial charge in [-0.1, -0.05) is 11.8 Å². The predicted molar refractivity (Wildman–Crippen MR) is 115 cm³/mol. The van der Waals surface area contributed by atoms with Crippen LogP contribution < -0.4 is 5.32 Å². The molecule has 29 heavy (non-hydrogen) atoms. The van der Waals surface area contributed by atoms with Gasteiger partial charge in [-0.15, -0.1) is 0 Å². The van der Waals surface area contributed by atoms with Gasteiger partial charge in [0.05, 0.1) is 19.4 Å². The van der Waals surface area contributed by atoms with E-state index in [1.54, 1.807) is 22.9 Å². The highest BCUT2D eigenvalue weighted by molar-refractivity contribution is 7.99. The number of imidazole rings is 1. The first-order chi connectivity index (χ1) is 14.1. The van der Waals surface area contributed by atoms with Crippen molar-refractivity contribution in [3.05, 3.63) is 42.0 Å². The summed E-state index contributed by atoms with van der Waals surface area (Å²) >= 11 is 3.39. The molecule has 1 aromatic heterocycles. The van der Waals surface area contributed by atoms with Crippen LogP contribution in [0.3, 0.4) is 0 Å². The van der Waals surface area contributed by atoms with E-state index in [1.165, 1.54) is 23.9 Å². The van der Waals surface area contributed by atoms with Gasteiger partial charge in [0.15, 0.2) is 5.16 Å². The molecule has 2 aromatic rings. The van der Waals surface area contributed by atoms with Crippen molar-refractivity contribution in [2.24, 2.45) is 0 Å². The normalized spacial score (nSPS) is 22.7. The highest BCUT2D eigenvalue weighted by atomic mass is 32.2.